The highest BCUT2D eigenvalue weighted by atomic mass is 79.9. The summed E-state index contributed by atoms with van der Waals surface area (Å²) in [5, 5.41) is 0.272. The molecule has 0 bridgehead atoms. The molecule has 5 heteroatoms. The van der Waals surface area contributed by atoms with E-state index in [0.717, 1.165) is 12.8 Å². The first-order valence-corrected chi connectivity index (χ1v) is 6.63. The molecule has 1 aliphatic heterocycles. The molecule has 2 nitrogen and oxygen atoms in total. The van der Waals surface area contributed by atoms with Crippen molar-refractivity contribution in [3.63, 3.8) is 0 Å². The molecule has 0 unspecified atom stereocenters. The lowest BCUT2D eigenvalue weighted by atomic mass is 10.1. The minimum atomic E-state index is -0.567. The van der Waals surface area contributed by atoms with Gasteiger partial charge in [0.1, 0.15) is 5.82 Å². The van der Waals surface area contributed by atoms with E-state index in [2.05, 4.69) is 15.9 Å². The van der Waals surface area contributed by atoms with Crippen molar-refractivity contribution in [2.75, 3.05) is 6.54 Å². The fraction of sp³-hybridized carbons (Fsp3) is 0.417. The van der Waals surface area contributed by atoms with Crippen LogP contribution in [0.5, 0.6) is 0 Å². The second-order valence-corrected chi connectivity index (χ2v) is 5.50. The summed E-state index contributed by atoms with van der Waals surface area (Å²) in [5.74, 6) is -0.827. The summed E-state index contributed by atoms with van der Waals surface area (Å²) in [5.41, 5.74) is 0.0787. The largest absolute Gasteiger partial charge is 0.336 e. The van der Waals surface area contributed by atoms with E-state index < -0.39 is 5.82 Å². The third kappa shape index (κ3) is 2.47. The SMILES string of the molecule is C[C@H]1CCCN1C(=O)c1cc(Br)c(Cl)cc1F. The summed E-state index contributed by atoms with van der Waals surface area (Å²) < 4.78 is 14.2. The minimum absolute atomic E-state index is 0.0787. The molecule has 1 saturated heterocycles. The smallest absolute Gasteiger partial charge is 0.257 e. The molecule has 1 atom stereocenters. The highest BCUT2D eigenvalue weighted by Crippen LogP contribution is 2.28. The first kappa shape index (κ1) is 12.8. The van der Waals surface area contributed by atoms with Gasteiger partial charge in [0.15, 0.2) is 0 Å². The van der Waals surface area contributed by atoms with Crippen molar-refractivity contribution >= 4 is 33.4 Å². The van der Waals surface area contributed by atoms with E-state index in [4.69, 9.17) is 11.6 Å². The van der Waals surface area contributed by atoms with Gasteiger partial charge in [-0.05, 0) is 47.8 Å². The Balaban J connectivity index is 2.34. The highest BCUT2D eigenvalue weighted by molar-refractivity contribution is 9.10. The number of likely N-dealkylation sites (tertiary alicyclic amines) is 1. The van der Waals surface area contributed by atoms with Crippen LogP contribution in [0.15, 0.2) is 16.6 Å². The molecule has 0 spiro atoms. The van der Waals surface area contributed by atoms with Crippen molar-refractivity contribution in [1.29, 1.82) is 0 Å². The molecule has 1 heterocycles. The van der Waals surface area contributed by atoms with Gasteiger partial charge in [-0.15, -0.1) is 0 Å². The lowest BCUT2D eigenvalue weighted by Gasteiger charge is -2.21. The van der Waals surface area contributed by atoms with Crippen molar-refractivity contribution in [3.8, 4) is 0 Å². The number of rotatable bonds is 1. The van der Waals surface area contributed by atoms with E-state index in [-0.39, 0.29) is 22.5 Å². The van der Waals surface area contributed by atoms with E-state index in [1.165, 1.54) is 12.1 Å². The van der Waals surface area contributed by atoms with Crippen molar-refractivity contribution < 1.29 is 9.18 Å². The molecule has 1 fully saturated rings. The minimum Gasteiger partial charge on any atom is -0.336 e. The Morgan fingerprint density at radius 1 is 1.59 bits per heavy atom. The Bertz CT molecular complexity index is 466. The molecule has 0 aromatic heterocycles. The number of benzene rings is 1. The van der Waals surface area contributed by atoms with Crippen LogP contribution < -0.4 is 0 Å². The van der Waals surface area contributed by atoms with Gasteiger partial charge >= 0.3 is 0 Å². The van der Waals surface area contributed by atoms with Gasteiger partial charge in [-0.2, -0.15) is 0 Å². The zero-order chi connectivity index (χ0) is 12.6. The molecule has 0 radical (unpaired) electrons. The third-order valence-electron chi connectivity index (χ3n) is 3.05. The Kier molecular flexibility index (Phi) is 3.73. The van der Waals surface area contributed by atoms with E-state index in [9.17, 15) is 9.18 Å². The van der Waals surface area contributed by atoms with Gasteiger partial charge in [-0.1, -0.05) is 11.6 Å². The standard InChI is InChI=1S/C12H12BrClFNO/c1-7-3-2-4-16(7)12(17)8-5-9(13)10(14)6-11(8)15/h5-7H,2-4H2,1H3/t7-/m0/s1. The maximum absolute atomic E-state index is 13.7. The second kappa shape index (κ2) is 4.94. The molecule has 17 heavy (non-hydrogen) atoms. The Labute approximate surface area is 113 Å². The van der Waals surface area contributed by atoms with Gasteiger partial charge in [-0.3, -0.25) is 4.79 Å². The zero-order valence-electron chi connectivity index (χ0n) is 9.34. The number of carbonyl (C=O) groups excluding carboxylic acids is 1. The topological polar surface area (TPSA) is 20.3 Å². The van der Waals surface area contributed by atoms with Gasteiger partial charge in [0, 0.05) is 17.1 Å². The molecule has 2 rings (SSSR count). The van der Waals surface area contributed by atoms with E-state index in [1.54, 1.807) is 4.90 Å². The molecule has 0 N–H and O–H groups in total. The number of hydrogen-bond acceptors (Lipinski definition) is 1. The lowest BCUT2D eigenvalue weighted by Crippen LogP contribution is -2.34. The summed E-state index contributed by atoms with van der Waals surface area (Å²) in [6.45, 7) is 2.67. The number of halogens is 3. The Hall–Kier alpha value is -0.610. The van der Waals surface area contributed by atoms with Crippen LogP contribution in [0.25, 0.3) is 0 Å². The fourth-order valence-corrected chi connectivity index (χ4v) is 2.57. The van der Waals surface area contributed by atoms with Crippen LogP contribution in [-0.4, -0.2) is 23.4 Å². The average molecular weight is 321 g/mol. The van der Waals surface area contributed by atoms with Gasteiger partial charge in [0.05, 0.1) is 10.6 Å². The highest BCUT2D eigenvalue weighted by Gasteiger charge is 2.28. The summed E-state index contributed by atoms with van der Waals surface area (Å²) >= 11 is 8.97. The first-order valence-electron chi connectivity index (χ1n) is 5.46. The van der Waals surface area contributed by atoms with E-state index in [0.29, 0.717) is 11.0 Å². The van der Waals surface area contributed by atoms with Crippen LogP contribution in [0.4, 0.5) is 4.39 Å². The van der Waals surface area contributed by atoms with E-state index in [1.807, 2.05) is 6.92 Å². The Morgan fingerprint density at radius 2 is 2.29 bits per heavy atom. The summed E-state index contributed by atoms with van der Waals surface area (Å²) in [6.07, 6.45) is 1.95. The molecule has 92 valence electrons. The van der Waals surface area contributed by atoms with Gasteiger partial charge in [0.25, 0.3) is 5.91 Å². The number of carbonyl (C=O) groups is 1. The maximum Gasteiger partial charge on any atom is 0.257 e. The van der Waals surface area contributed by atoms with Crippen molar-refractivity contribution in [1.82, 2.24) is 4.90 Å². The molecule has 1 aromatic rings. The molecule has 1 amide bonds. The molecule has 0 aliphatic carbocycles. The molecule has 0 saturated carbocycles. The predicted octanol–water partition coefficient (Wildman–Crippen LogP) is 3.87. The van der Waals surface area contributed by atoms with Crippen LogP contribution in [0.3, 0.4) is 0 Å². The van der Waals surface area contributed by atoms with Gasteiger partial charge in [0.2, 0.25) is 0 Å². The van der Waals surface area contributed by atoms with Crippen LogP contribution in [0.1, 0.15) is 30.1 Å². The summed E-state index contributed by atoms with van der Waals surface area (Å²) in [6, 6.07) is 2.79. The summed E-state index contributed by atoms with van der Waals surface area (Å²) in [7, 11) is 0. The van der Waals surface area contributed by atoms with Crippen LogP contribution >= 0.6 is 27.5 Å². The van der Waals surface area contributed by atoms with Crippen molar-refractivity contribution in [2.24, 2.45) is 0 Å². The quantitative estimate of drug-likeness (QED) is 0.719. The first-order chi connectivity index (χ1) is 8.00. The molecule has 1 aromatic carbocycles. The molecular formula is C12H12BrClFNO. The van der Waals surface area contributed by atoms with Gasteiger partial charge in [-0.25, -0.2) is 4.39 Å². The van der Waals surface area contributed by atoms with Crippen LogP contribution in [0.2, 0.25) is 5.02 Å². The van der Waals surface area contributed by atoms with Crippen molar-refractivity contribution in [2.45, 2.75) is 25.8 Å². The maximum atomic E-state index is 13.7. The molecule has 1 aliphatic rings. The van der Waals surface area contributed by atoms with Crippen LogP contribution in [0, 0.1) is 5.82 Å². The number of amides is 1. The molecular weight excluding hydrogens is 308 g/mol. The second-order valence-electron chi connectivity index (χ2n) is 4.24. The lowest BCUT2D eigenvalue weighted by molar-refractivity contribution is 0.0742. The third-order valence-corrected chi connectivity index (χ3v) is 4.25. The average Bonchev–Trinajstić information content (AvgIpc) is 2.69. The van der Waals surface area contributed by atoms with E-state index >= 15 is 0 Å². The zero-order valence-corrected chi connectivity index (χ0v) is 11.7. The Morgan fingerprint density at radius 3 is 2.88 bits per heavy atom. The monoisotopic (exact) mass is 319 g/mol. The van der Waals surface area contributed by atoms with Crippen molar-refractivity contribution in [3.05, 3.63) is 33.0 Å². The van der Waals surface area contributed by atoms with Crippen LogP contribution in [-0.2, 0) is 0 Å². The fourth-order valence-electron chi connectivity index (χ4n) is 2.08. The number of nitrogens with zero attached hydrogens (tertiary/aromatic N) is 1. The number of hydrogen-bond donors (Lipinski definition) is 0. The normalized spacial score (nSPS) is 19.8. The predicted molar refractivity (Wildman–Crippen MR) is 68.8 cm³/mol. The summed E-state index contributed by atoms with van der Waals surface area (Å²) in [4.78, 5) is 13.9. The van der Waals surface area contributed by atoms with Gasteiger partial charge < -0.3 is 4.90 Å².